The Labute approximate surface area is 164 Å². The fourth-order valence-electron chi connectivity index (χ4n) is 3.30. The van der Waals surface area contributed by atoms with Gasteiger partial charge in [0.15, 0.2) is 5.78 Å². The van der Waals surface area contributed by atoms with Crippen LogP contribution in [0.25, 0.3) is 0 Å². The van der Waals surface area contributed by atoms with Crippen molar-refractivity contribution in [1.82, 2.24) is 4.90 Å². The zero-order valence-electron chi connectivity index (χ0n) is 16.6. The highest BCUT2D eigenvalue weighted by molar-refractivity contribution is 6.14. The zero-order valence-corrected chi connectivity index (χ0v) is 16.6. The van der Waals surface area contributed by atoms with Crippen LogP contribution in [0.3, 0.4) is 0 Å². The summed E-state index contributed by atoms with van der Waals surface area (Å²) in [5.74, 6) is 0.203. The van der Waals surface area contributed by atoms with E-state index in [1.54, 1.807) is 25.1 Å². The van der Waals surface area contributed by atoms with Gasteiger partial charge in [0.25, 0.3) is 5.91 Å². The number of amides is 3. The van der Waals surface area contributed by atoms with Crippen LogP contribution in [-0.2, 0) is 11.3 Å². The number of hydrogen-bond donors (Lipinski definition) is 0. The molecule has 3 amide bonds. The lowest BCUT2D eigenvalue weighted by Crippen LogP contribution is -2.33. The van der Waals surface area contributed by atoms with Crippen molar-refractivity contribution in [1.29, 1.82) is 0 Å². The van der Waals surface area contributed by atoms with E-state index in [0.29, 0.717) is 29.2 Å². The number of Topliss-reactive ketones (excluding diaryl/α,β-unsaturated/α-hetero) is 1. The Kier molecular flexibility index (Phi) is 5.49. The molecule has 2 aromatic carbocycles. The number of carbonyl (C=O) groups is 3. The van der Waals surface area contributed by atoms with Crippen molar-refractivity contribution in [3.63, 3.8) is 0 Å². The van der Waals surface area contributed by atoms with Crippen LogP contribution >= 0.6 is 0 Å². The van der Waals surface area contributed by atoms with Crippen molar-refractivity contribution in [2.45, 2.75) is 40.3 Å². The number of carbonyl (C=O) groups excluding carboxylic acids is 3. The Bertz CT molecular complexity index is 921. The van der Waals surface area contributed by atoms with Crippen molar-refractivity contribution in [2.24, 2.45) is 0 Å². The lowest BCUT2D eigenvalue weighted by atomic mass is 10.1. The highest BCUT2D eigenvalue weighted by Gasteiger charge is 2.43. The maximum atomic E-state index is 13.0. The molecule has 1 saturated heterocycles. The Morgan fingerprint density at radius 1 is 1.11 bits per heavy atom. The number of aryl methyl sites for hydroxylation is 1. The smallest absolute Gasteiger partial charge is 0.332 e. The first-order valence-electron chi connectivity index (χ1n) is 9.31. The molecule has 0 saturated carbocycles. The van der Waals surface area contributed by atoms with Crippen LogP contribution in [0.2, 0.25) is 0 Å². The molecular weight excluding hydrogens is 356 g/mol. The van der Waals surface area contributed by atoms with Gasteiger partial charge in [-0.2, -0.15) is 0 Å². The minimum Gasteiger partial charge on any atom is -0.494 e. The molecule has 6 nitrogen and oxygen atoms in total. The first-order valence-corrected chi connectivity index (χ1v) is 9.31. The molecule has 3 rings (SSSR count). The number of benzene rings is 2. The standard InChI is InChI=1S/C22H24N2O4/c1-5-28-20-11-8-17(16(4)25)12-18(20)13-23-21(26)15(3)24(22(23)27)19-9-6-14(2)7-10-19/h6-12,15H,5,13H2,1-4H3/t15-/m0/s1. The van der Waals surface area contributed by atoms with Crippen LogP contribution in [0.5, 0.6) is 5.75 Å². The minimum atomic E-state index is -0.596. The fourth-order valence-corrected chi connectivity index (χ4v) is 3.30. The molecule has 6 heteroatoms. The number of ether oxygens (including phenoxy) is 1. The second-order valence-electron chi connectivity index (χ2n) is 6.90. The number of ketones is 1. The van der Waals surface area contributed by atoms with Crippen molar-refractivity contribution in [2.75, 3.05) is 11.5 Å². The average molecular weight is 380 g/mol. The van der Waals surface area contributed by atoms with Crippen molar-refractivity contribution in [3.8, 4) is 5.75 Å². The van der Waals surface area contributed by atoms with Crippen molar-refractivity contribution >= 4 is 23.4 Å². The molecule has 146 valence electrons. The molecule has 0 aromatic heterocycles. The monoisotopic (exact) mass is 380 g/mol. The van der Waals surface area contributed by atoms with Gasteiger partial charge >= 0.3 is 6.03 Å². The van der Waals surface area contributed by atoms with Gasteiger partial charge in [-0.25, -0.2) is 4.79 Å². The van der Waals surface area contributed by atoms with E-state index in [0.717, 1.165) is 5.56 Å². The summed E-state index contributed by atoms with van der Waals surface area (Å²) in [7, 11) is 0. The molecule has 1 aliphatic heterocycles. The summed E-state index contributed by atoms with van der Waals surface area (Å²) in [6, 6.07) is 11.6. The predicted molar refractivity (Wildman–Crippen MR) is 107 cm³/mol. The Morgan fingerprint density at radius 3 is 2.39 bits per heavy atom. The molecule has 0 bridgehead atoms. The quantitative estimate of drug-likeness (QED) is 0.562. The summed E-state index contributed by atoms with van der Waals surface area (Å²) in [6.07, 6.45) is 0. The van der Waals surface area contributed by atoms with Gasteiger partial charge in [0.2, 0.25) is 0 Å². The summed E-state index contributed by atoms with van der Waals surface area (Å²) >= 11 is 0. The first-order chi connectivity index (χ1) is 13.3. The van der Waals surface area contributed by atoms with Gasteiger partial charge in [-0.1, -0.05) is 17.7 Å². The Balaban J connectivity index is 1.93. The molecule has 0 aliphatic carbocycles. The van der Waals surface area contributed by atoms with Gasteiger partial charge in [-0.3, -0.25) is 19.4 Å². The molecule has 1 heterocycles. The third-order valence-electron chi connectivity index (χ3n) is 4.86. The number of urea groups is 1. The predicted octanol–water partition coefficient (Wildman–Crippen LogP) is 3.95. The second kappa shape index (κ2) is 7.84. The van der Waals surface area contributed by atoms with Crippen molar-refractivity contribution < 1.29 is 19.1 Å². The summed E-state index contributed by atoms with van der Waals surface area (Å²) in [5.41, 5.74) is 2.91. The summed E-state index contributed by atoms with van der Waals surface area (Å²) in [6.45, 7) is 7.52. The molecular formula is C22H24N2O4. The number of anilines is 1. The van der Waals surface area contributed by atoms with Crippen LogP contribution in [0.1, 0.15) is 42.3 Å². The lowest BCUT2D eigenvalue weighted by Gasteiger charge is -2.20. The SMILES string of the molecule is CCOc1ccc(C(C)=O)cc1CN1C(=O)[C@H](C)N(c2ccc(C)cc2)C1=O. The Hall–Kier alpha value is -3.15. The van der Waals surface area contributed by atoms with Crippen LogP contribution in [-0.4, -0.2) is 35.3 Å². The van der Waals surface area contributed by atoms with Gasteiger partial charge < -0.3 is 4.74 Å². The van der Waals surface area contributed by atoms with E-state index in [-0.39, 0.29) is 24.3 Å². The van der Waals surface area contributed by atoms with Crippen LogP contribution in [0.15, 0.2) is 42.5 Å². The number of nitrogens with zero attached hydrogens (tertiary/aromatic N) is 2. The lowest BCUT2D eigenvalue weighted by molar-refractivity contribution is -0.127. The molecule has 0 radical (unpaired) electrons. The molecule has 2 aromatic rings. The first kappa shape index (κ1) is 19.6. The number of rotatable bonds is 6. The van der Waals surface area contributed by atoms with Gasteiger partial charge in [0.05, 0.1) is 13.2 Å². The molecule has 0 spiro atoms. The third-order valence-corrected chi connectivity index (χ3v) is 4.86. The van der Waals surface area contributed by atoms with Gasteiger partial charge in [0, 0.05) is 16.8 Å². The summed E-state index contributed by atoms with van der Waals surface area (Å²) < 4.78 is 5.63. The zero-order chi connectivity index (χ0) is 20.4. The number of imide groups is 1. The van der Waals surface area contributed by atoms with E-state index in [1.807, 2.05) is 38.1 Å². The summed E-state index contributed by atoms with van der Waals surface area (Å²) in [5, 5.41) is 0. The number of hydrogen-bond acceptors (Lipinski definition) is 4. The highest BCUT2D eigenvalue weighted by atomic mass is 16.5. The van der Waals surface area contributed by atoms with Gasteiger partial charge in [-0.05, 0) is 58.0 Å². The maximum absolute atomic E-state index is 13.0. The normalized spacial score (nSPS) is 16.6. The van der Waals surface area contributed by atoms with E-state index in [1.165, 1.54) is 16.7 Å². The van der Waals surface area contributed by atoms with E-state index in [9.17, 15) is 14.4 Å². The largest absolute Gasteiger partial charge is 0.494 e. The fraction of sp³-hybridized carbons (Fsp3) is 0.318. The summed E-state index contributed by atoms with van der Waals surface area (Å²) in [4.78, 5) is 40.3. The molecule has 0 N–H and O–H groups in total. The molecule has 1 fully saturated rings. The van der Waals surface area contributed by atoms with Crippen LogP contribution < -0.4 is 9.64 Å². The van der Waals surface area contributed by atoms with E-state index in [4.69, 9.17) is 4.74 Å². The van der Waals surface area contributed by atoms with E-state index in [2.05, 4.69) is 0 Å². The molecule has 0 unspecified atom stereocenters. The topological polar surface area (TPSA) is 66.9 Å². The average Bonchev–Trinajstić information content (AvgIpc) is 2.87. The van der Waals surface area contributed by atoms with Crippen LogP contribution in [0.4, 0.5) is 10.5 Å². The second-order valence-corrected chi connectivity index (χ2v) is 6.90. The van der Waals surface area contributed by atoms with Gasteiger partial charge in [0.1, 0.15) is 11.8 Å². The third kappa shape index (κ3) is 3.63. The van der Waals surface area contributed by atoms with Crippen molar-refractivity contribution in [3.05, 3.63) is 59.2 Å². The minimum absolute atomic E-state index is 0.0564. The van der Waals surface area contributed by atoms with E-state index >= 15 is 0 Å². The van der Waals surface area contributed by atoms with Crippen LogP contribution in [0, 0.1) is 6.92 Å². The Morgan fingerprint density at radius 2 is 1.79 bits per heavy atom. The molecule has 1 aliphatic rings. The highest BCUT2D eigenvalue weighted by Crippen LogP contribution is 2.29. The van der Waals surface area contributed by atoms with Gasteiger partial charge in [-0.15, -0.1) is 0 Å². The maximum Gasteiger partial charge on any atom is 0.332 e. The molecule has 1 atom stereocenters. The van der Waals surface area contributed by atoms with E-state index < -0.39 is 6.04 Å². The molecule has 28 heavy (non-hydrogen) atoms.